The average molecular weight is 290 g/mol. The quantitative estimate of drug-likeness (QED) is 0.782. The van der Waals surface area contributed by atoms with Crippen molar-refractivity contribution in [2.45, 2.75) is 45.7 Å². The van der Waals surface area contributed by atoms with Gasteiger partial charge in [0.05, 0.1) is 0 Å². The van der Waals surface area contributed by atoms with Crippen LogP contribution in [0.15, 0.2) is 18.5 Å². The lowest BCUT2D eigenvalue weighted by Crippen LogP contribution is -2.43. The molecule has 0 saturated carbocycles. The van der Waals surface area contributed by atoms with Crippen molar-refractivity contribution in [2.75, 3.05) is 38.1 Å². The van der Waals surface area contributed by atoms with Gasteiger partial charge in [-0.15, -0.1) is 0 Å². The number of nitrogens with zero attached hydrogens (tertiary/aromatic N) is 3. The van der Waals surface area contributed by atoms with E-state index in [0.29, 0.717) is 6.04 Å². The van der Waals surface area contributed by atoms with E-state index in [-0.39, 0.29) is 0 Å². The van der Waals surface area contributed by atoms with E-state index in [1.165, 1.54) is 50.1 Å². The minimum atomic E-state index is 0.653. The van der Waals surface area contributed by atoms with Gasteiger partial charge in [-0.05, 0) is 38.4 Å². The molecule has 0 amide bonds. The number of pyridine rings is 1. The number of anilines is 1. The summed E-state index contributed by atoms with van der Waals surface area (Å²) in [6, 6.07) is 2.81. The first-order chi connectivity index (χ1) is 10.3. The summed E-state index contributed by atoms with van der Waals surface area (Å²) >= 11 is 0. The first-order valence-corrected chi connectivity index (χ1v) is 8.35. The smallest absolute Gasteiger partial charge is 0.0442 e. The van der Waals surface area contributed by atoms with Gasteiger partial charge in [0.2, 0.25) is 0 Å². The molecule has 4 heteroatoms. The zero-order valence-electron chi connectivity index (χ0n) is 13.8. The molecule has 4 nitrogen and oxygen atoms in total. The number of rotatable bonds is 7. The molecule has 21 heavy (non-hydrogen) atoms. The summed E-state index contributed by atoms with van der Waals surface area (Å²) in [6.07, 6.45) is 7.61. The van der Waals surface area contributed by atoms with E-state index < -0.39 is 0 Å². The molecule has 0 unspecified atom stereocenters. The number of piperidine rings is 1. The van der Waals surface area contributed by atoms with Crippen LogP contribution >= 0.6 is 0 Å². The molecule has 118 valence electrons. The Hall–Kier alpha value is -1.13. The third-order valence-electron chi connectivity index (χ3n) is 4.55. The second-order valence-corrected chi connectivity index (χ2v) is 5.96. The molecule has 0 bridgehead atoms. The molecule has 2 heterocycles. The van der Waals surface area contributed by atoms with E-state index in [9.17, 15) is 0 Å². The number of hydrogen-bond acceptors (Lipinski definition) is 4. The van der Waals surface area contributed by atoms with Crippen molar-refractivity contribution < 1.29 is 0 Å². The fourth-order valence-corrected chi connectivity index (χ4v) is 3.12. The van der Waals surface area contributed by atoms with Crippen molar-refractivity contribution in [2.24, 2.45) is 0 Å². The van der Waals surface area contributed by atoms with Crippen LogP contribution in [0.2, 0.25) is 0 Å². The van der Waals surface area contributed by atoms with E-state index in [1.807, 2.05) is 12.4 Å². The summed E-state index contributed by atoms with van der Waals surface area (Å²) in [6.45, 7) is 10.1. The van der Waals surface area contributed by atoms with Gasteiger partial charge in [-0.25, -0.2) is 0 Å². The molecule has 0 radical (unpaired) electrons. The first kappa shape index (κ1) is 16.2. The Morgan fingerprint density at radius 1 is 1.33 bits per heavy atom. The fourth-order valence-electron chi connectivity index (χ4n) is 3.12. The maximum Gasteiger partial charge on any atom is 0.0442 e. The summed E-state index contributed by atoms with van der Waals surface area (Å²) < 4.78 is 0. The van der Waals surface area contributed by atoms with Gasteiger partial charge >= 0.3 is 0 Å². The summed E-state index contributed by atoms with van der Waals surface area (Å²) in [5.74, 6) is 0. The van der Waals surface area contributed by atoms with Gasteiger partial charge in [0, 0.05) is 56.4 Å². The van der Waals surface area contributed by atoms with Crippen LogP contribution in [-0.4, -0.2) is 49.2 Å². The topological polar surface area (TPSA) is 31.4 Å². The standard InChI is InChI=1S/C17H30N4/c1-4-9-18-13-15-14-19-10-6-17(15)20(3)16-7-11-21(5-2)12-8-16/h6,10,14,16,18H,4-5,7-9,11-13H2,1-3H3. The van der Waals surface area contributed by atoms with Gasteiger partial charge < -0.3 is 15.1 Å². The van der Waals surface area contributed by atoms with Crippen LogP contribution in [0.4, 0.5) is 5.69 Å². The van der Waals surface area contributed by atoms with Crippen LogP contribution in [0.3, 0.4) is 0 Å². The van der Waals surface area contributed by atoms with Crippen LogP contribution in [-0.2, 0) is 6.54 Å². The van der Waals surface area contributed by atoms with Crippen LogP contribution in [0, 0.1) is 0 Å². The van der Waals surface area contributed by atoms with Gasteiger partial charge in [-0.3, -0.25) is 4.98 Å². The molecule has 0 spiro atoms. The van der Waals surface area contributed by atoms with E-state index in [4.69, 9.17) is 0 Å². The zero-order valence-corrected chi connectivity index (χ0v) is 13.8. The third kappa shape index (κ3) is 4.42. The Kier molecular flexibility index (Phi) is 6.46. The Morgan fingerprint density at radius 2 is 2.10 bits per heavy atom. The second kappa shape index (κ2) is 8.35. The maximum atomic E-state index is 4.30. The molecule has 1 aromatic rings. The summed E-state index contributed by atoms with van der Waals surface area (Å²) in [5.41, 5.74) is 2.65. The monoisotopic (exact) mass is 290 g/mol. The minimum absolute atomic E-state index is 0.653. The van der Waals surface area contributed by atoms with E-state index >= 15 is 0 Å². The summed E-state index contributed by atoms with van der Waals surface area (Å²) in [5, 5.41) is 3.49. The highest BCUT2D eigenvalue weighted by Gasteiger charge is 2.22. The number of nitrogens with one attached hydrogen (secondary N) is 1. The Labute approximate surface area is 129 Å². The van der Waals surface area contributed by atoms with Gasteiger partial charge in [0.15, 0.2) is 0 Å². The molecule has 1 aliphatic heterocycles. The Morgan fingerprint density at radius 3 is 2.76 bits per heavy atom. The Balaban J connectivity index is 2.00. The molecule has 0 atom stereocenters. The largest absolute Gasteiger partial charge is 0.371 e. The molecule has 1 N–H and O–H groups in total. The van der Waals surface area contributed by atoms with Gasteiger partial charge in [0.1, 0.15) is 0 Å². The van der Waals surface area contributed by atoms with Crippen molar-refractivity contribution in [1.82, 2.24) is 15.2 Å². The summed E-state index contributed by atoms with van der Waals surface area (Å²) in [7, 11) is 2.24. The van der Waals surface area contributed by atoms with E-state index in [1.54, 1.807) is 0 Å². The highest BCUT2D eigenvalue weighted by Crippen LogP contribution is 2.24. The average Bonchev–Trinajstić information content (AvgIpc) is 2.55. The van der Waals surface area contributed by atoms with Crippen molar-refractivity contribution in [1.29, 1.82) is 0 Å². The molecule has 1 fully saturated rings. The van der Waals surface area contributed by atoms with Crippen LogP contribution in [0.1, 0.15) is 38.7 Å². The van der Waals surface area contributed by atoms with Crippen molar-refractivity contribution >= 4 is 5.69 Å². The number of likely N-dealkylation sites (tertiary alicyclic amines) is 1. The van der Waals surface area contributed by atoms with Gasteiger partial charge in [-0.1, -0.05) is 13.8 Å². The molecular weight excluding hydrogens is 260 g/mol. The predicted octanol–water partition coefficient (Wildman–Crippen LogP) is 2.50. The van der Waals surface area contributed by atoms with Gasteiger partial charge in [-0.2, -0.15) is 0 Å². The van der Waals surface area contributed by atoms with E-state index in [0.717, 1.165) is 13.1 Å². The molecule has 1 aliphatic rings. The molecule has 2 rings (SSSR count). The number of hydrogen-bond donors (Lipinski definition) is 1. The normalized spacial score (nSPS) is 17.1. The fraction of sp³-hybridized carbons (Fsp3) is 0.706. The summed E-state index contributed by atoms with van der Waals surface area (Å²) in [4.78, 5) is 9.31. The van der Waals surface area contributed by atoms with Crippen LogP contribution in [0.5, 0.6) is 0 Å². The second-order valence-electron chi connectivity index (χ2n) is 5.96. The maximum absolute atomic E-state index is 4.30. The van der Waals surface area contributed by atoms with Crippen LogP contribution in [0.25, 0.3) is 0 Å². The third-order valence-corrected chi connectivity index (χ3v) is 4.55. The molecular formula is C17H30N4. The van der Waals surface area contributed by atoms with Crippen molar-refractivity contribution in [3.63, 3.8) is 0 Å². The lowest BCUT2D eigenvalue weighted by atomic mass is 10.0. The Bertz CT molecular complexity index is 413. The lowest BCUT2D eigenvalue weighted by molar-refractivity contribution is 0.220. The lowest BCUT2D eigenvalue weighted by Gasteiger charge is -2.38. The highest BCUT2D eigenvalue weighted by atomic mass is 15.2. The van der Waals surface area contributed by atoms with Gasteiger partial charge in [0.25, 0.3) is 0 Å². The molecule has 0 aromatic carbocycles. The molecule has 1 aromatic heterocycles. The van der Waals surface area contributed by atoms with Crippen LogP contribution < -0.4 is 10.2 Å². The van der Waals surface area contributed by atoms with Crippen molar-refractivity contribution in [3.05, 3.63) is 24.0 Å². The predicted molar refractivity (Wildman–Crippen MR) is 89.8 cm³/mol. The highest BCUT2D eigenvalue weighted by molar-refractivity contribution is 5.52. The first-order valence-electron chi connectivity index (χ1n) is 8.35. The minimum Gasteiger partial charge on any atom is -0.371 e. The molecule has 0 aliphatic carbocycles. The zero-order chi connectivity index (χ0) is 15.1. The van der Waals surface area contributed by atoms with E-state index in [2.05, 4.69) is 47.1 Å². The van der Waals surface area contributed by atoms with Crippen molar-refractivity contribution in [3.8, 4) is 0 Å². The number of aromatic nitrogens is 1. The SMILES string of the molecule is CCCNCc1cnccc1N(C)C1CCN(CC)CC1. The molecule has 1 saturated heterocycles.